The third-order valence-corrected chi connectivity index (χ3v) is 3.42. The number of nitrogens with zero attached hydrogens (tertiary/aromatic N) is 3. The SMILES string of the molecule is CCNC1CCN(c2ccc(C(=O)NC)nn2)CC1. The fraction of sp³-hybridized carbons (Fsp3) is 0.615. The van der Waals surface area contributed by atoms with E-state index in [1.54, 1.807) is 13.1 Å². The smallest absolute Gasteiger partial charge is 0.271 e. The summed E-state index contributed by atoms with van der Waals surface area (Å²) in [6.45, 7) is 5.11. The number of carbonyl (C=O) groups excluding carboxylic acids is 1. The van der Waals surface area contributed by atoms with Gasteiger partial charge in [0, 0.05) is 26.2 Å². The van der Waals surface area contributed by atoms with Crippen LogP contribution in [-0.4, -0.2) is 48.8 Å². The van der Waals surface area contributed by atoms with E-state index in [9.17, 15) is 4.79 Å². The third-order valence-electron chi connectivity index (χ3n) is 3.42. The first-order valence-corrected chi connectivity index (χ1v) is 6.78. The highest BCUT2D eigenvalue weighted by molar-refractivity contribution is 5.91. The minimum atomic E-state index is -0.204. The van der Waals surface area contributed by atoms with Gasteiger partial charge >= 0.3 is 0 Å². The maximum atomic E-state index is 11.4. The first kappa shape index (κ1) is 13.7. The summed E-state index contributed by atoms with van der Waals surface area (Å²) in [4.78, 5) is 13.6. The summed E-state index contributed by atoms with van der Waals surface area (Å²) in [7, 11) is 1.59. The van der Waals surface area contributed by atoms with Gasteiger partial charge < -0.3 is 15.5 Å². The molecule has 0 bridgehead atoms. The van der Waals surface area contributed by atoms with Gasteiger partial charge in [-0.25, -0.2) is 0 Å². The van der Waals surface area contributed by atoms with Gasteiger partial charge in [-0.1, -0.05) is 6.92 Å². The Morgan fingerprint density at radius 2 is 2.11 bits per heavy atom. The van der Waals surface area contributed by atoms with Crippen LogP contribution < -0.4 is 15.5 Å². The van der Waals surface area contributed by atoms with Crippen LogP contribution in [0.2, 0.25) is 0 Å². The lowest BCUT2D eigenvalue weighted by Gasteiger charge is -2.32. The van der Waals surface area contributed by atoms with Gasteiger partial charge in [0.05, 0.1) is 0 Å². The number of nitrogens with one attached hydrogen (secondary N) is 2. The van der Waals surface area contributed by atoms with E-state index in [0.29, 0.717) is 11.7 Å². The van der Waals surface area contributed by atoms with Gasteiger partial charge in [0.1, 0.15) is 0 Å². The van der Waals surface area contributed by atoms with E-state index in [2.05, 4.69) is 32.7 Å². The van der Waals surface area contributed by atoms with Crippen LogP contribution in [0.15, 0.2) is 12.1 Å². The van der Waals surface area contributed by atoms with Crippen LogP contribution in [0.5, 0.6) is 0 Å². The molecule has 1 aromatic rings. The maximum absolute atomic E-state index is 11.4. The third kappa shape index (κ3) is 3.41. The van der Waals surface area contributed by atoms with E-state index in [0.717, 1.165) is 38.3 Å². The summed E-state index contributed by atoms with van der Waals surface area (Å²) in [6, 6.07) is 4.20. The molecule has 1 amide bonds. The van der Waals surface area contributed by atoms with E-state index in [-0.39, 0.29) is 5.91 Å². The maximum Gasteiger partial charge on any atom is 0.271 e. The second-order valence-electron chi connectivity index (χ2n) is 4.67. The van der Waals surface area contributed by atoms with Crippen molar-refractivity contribution >= 4 is 11.7 Å². The lowest BCUT2D eigenvalue weighted by atomic mass is 10.1. The van der Waals surface area contributed by atoms with Gasteiger partial charge in [0.2, 0.25) is 0 Å². The number of hydrogen-bond acceptors (Lipinski definition) is 5. The minimum Gasteiger partial charge on any atom is -0.355 e. The van der Waals surface area contributed by atoms with Crippen LogP contribution >= 0.6 is 0 Å². The van der Waals surface area contributed by atoms with Crippen LogP contribution in [0.4, 0.5) is 5.82 Å². The molecule has 6 heteroatoms. The Morgan fingerprint density at radius 3 is 2.63 bits per heavy atom. The van der Waals surface area contributed by atoms with Crippen LogP contribution in [0.1, 0.15) is 30.3 Å². The minimum absolute atomic E-state index is 0.204. The molecule has 1 aliphatic rings. The molecule has 0 aliphatic carbocycles. The number of amides is 1. The fourth-order valence-corrected chi connectivity index (χ4v) is 2.34. The van der Waals surface area contributed by atoms with Gasteiger partial charge in [-0.2, -0.15) is 0 Å². The molecular formula is C13H21N5O. The summed E-state index contributed by atoms with van der Waals surface area (Å²) in [5, 5.41) is 14.1. The monoisotopic (exact) mass is 263 g/mol. The Bertz CT molecular complexity index is 412. The predicted octanol–water partition coefficient (Wildman–Crippen LogP) is 0.415. The molecule has 1 aliphatic heterocycles. The number of piperidine rings is 1. The van der Waals surface area contributed by atoms with Crippen molar-refractivity contribution in [3.63, 3.8) is 0 Å². The van der Waals surface area contributed by atoms with Crippen LogP contribution in [0, 0.1) is 0 Å². The molecule has 1 aromatic heterocycles. The first-order valence-electron chi connectivity index (χ1n) is 6.78. The molecule has 1 fully saturated rings. The van der Waals surface area contributed by atoms with Crippen molar-refractivity contribution in [3.8, 4) is 0 Å². The van der Waals surface area contributed by atoms with E-state index >= 15 is 0 Å². The number of anilines is 1. The number of carbonyl (C=O) groups is 1. The van der Waals surface area contributed by atoms with Gasteiger partial charge in [-0.05, 0) is 31.5 Å². The Hall–Kier alpha value is -1.69. The summed E-state index contributed by atoms with van der Waals surface area (Å²) < 4.78 is 0. The molecule has 2 N–H and O–H groups in total. The zero-order valence-electron chi connectivity index (χ0n) is 11.5. The van der Waals surface area contributed by atoms with E-state index in [1.165, 1.54) is 0 Å². The predicted molar refractivity (Wildman–Crippen MR) is 74.3 cm³/mol. The molecule has 0 radical (unpaired) electrons. The molecule has 6 nitrogen and oxygen atoms in total. The van der Waals surface area contributed by atoms with Crippen molar-refractivity contribution in [1.82, 2.24) is 20.8 Å². The van der Waals surface area contributed by atoms with Crippen molar-refractivity contribution in [2.75, 3.05) is 31.6 Å². The summed E-state index contributed by atoms with van der Waals surface area (Å²) in [5.41, 5.74) is 0.355. The Labute approximate surface area is 113 Å². The normalized spacial score (nSPS) is 16.4. The molecule has 0 atom stereocenters. The largest absolute Gasteiger partial charge is 0.355 e. The lowest BCUT2D eigenvalue weighted by molar-refractivity contribution is 0.0957. The quantitative estimate of drug-likeness (QED) is 0.823. The van der Waals surface area contributed by atoms with E-state index in [4.69, 9.17) is 0 Å². The Kier molecular flexibility index (Phi) is 4.68. The molecule has 2 heterocycles. The topological polar surface area (TPSA) is 70.2 Å². The number of aromatic nitrogens is 2. The van der Waals surface area contributed by atoms with Gasteiger partial charge in [-0.3, -0.25) is 4.79 Å². The molecule has 0 aromatic carbocycles. The second kappa shape index (κ2) is 6.47. The van der Waals surface area contributed by atoms with Crippen LogP contribution in [0.3, 0.4) is 0 Å². The number of rotatable bonds is 4. The van der Waals surface area contributed by atoms with Crippen molar-refractivity contribution in [1.29, 1.82) is 0 Å². The first-order chi connectivity index (χ1) is 9.24. The lowest BCUT2D eigenvalue weighted by Crippen LogP contribution is -2.42. The van der Waals surface area contributed by atoms with Crippen molar-refractivity contribution in [2.24, 2.45) is 0 Å². The second-order valence-corrected chi connectivity index (χ2v) is 4.67. The fourth-order valence-electron chi connectivity index (χ4n) is 2.34. The van der Waals surface area contributed by atoms with Gasteiger partial charge in [0.15, 0.2) is 11.5 Å². The Balaban J connectivity index is 1.94. The standard InChI is InChI=1S/C13H21N5O/c1-3-15-10-6-8-18(9-7-10)12-5-4-11(16-17-12)13(19)14-2/h4-5,10,15H,3,6-9H2,1-2H3,(H,14,19). The highest BCUT2D eigenvalue weighted by atomic mass is 16.1. The molecule has 2 rings (SSSR count). The molecule has 0 spiro atoms. The van der Waals surface area contributed by atoms with E-state index in [1.807, 2.05) is 6.07 Å². The highest BCUT2D eigenvalue weighted by Crippen LogP contribution is 2.17. The summed E-state index contributed by atoms with van der Waals surface area (Å²) in [6.07, 6.45) is 2.24. The molecule has 0 unspecified atom stereocenters. The van der Waals surface area contributed by atoms with Crippen LogP contribution in [-0.2, 0) is 0 Å². The zero-order valence-corrected chi connectivity index (χ0v) is 11.5. The van der Waals surface area contributed by atoms with Crippen LogP contribution in [0.25, 0.3) is 0 Å². The average Bonchev–Trinajstić information content (AvgIpc) is 2.48. The van der Waals surface area contributed by atoms with Gasteiger partial charge in [0.25, 0.3) is 5.91 Å². The van der Waals surface area contributed by atoms with Crippen molar-refractivity contribution < 1.29 is 4.79 Å². The highest BCUT2D eigenvalue weighted by Gasteiger charge is 2.19. The molecule has 1 saturated heterocycles. The van der Waals surface area contributed by atoms with Crippen molar-refractivity contribution in [2.45, 2.75) is 25.8 Å². The molecule has 19 heavy (non-hydrogen) atoms. The average molecular weight is 263 g/mol. The summed E-state index contributed by atoms with van der Waals surface area (Å²) >= 11 is 0. The molecule has 104 valence electrons. The summed E-state index contributed by atoms with van der Waals surface area (Å²) in [5.74, 6) is 0.646. The van der Waals surface area contributed by atoms with Gasteiger partial charge in [-0.15, -0.1) is 10.2 Å². The zero-order chi connectivity index (χ0) is 13.7. The van der Waals surface area contributed by atoms with Crippen molar-refractivity contribution in [3.05, 3.63) is 17.8 Å². The molecular weight excluding hydrogens is 242 g/mol. The number of hydrogen-bond donors (Lipinski definition) is 2. The Morgan fingerprint density at radius 1 is 1.37 bits per heavy atom. The van der Waals surface area contributed by atoms with E-state index < -0.39 is 0 Å². The molecule has 0 saturated carbocycles.